The Bertz CT molecular complexity index is 451. The second-order valence-corrected chi connectivity index (χ2v) is 4.84. The van der Waals surface area contributed by atoms with E-state index in [1.54, 1.807) is 19.9 Å². The van der Waals surface area contributed by atoms with Crippen LogP contribution in [-0.4, -0.2) is 24.6 Å². The van der Waals surface area contributed by atoms with E-state index in [4.69, 9.17) is 4.74 Å². The lowest BCUT2D eigenvalue weighted by Gasteiger charge is -2.14. The molecule has 0 aromatic heterocycles. The Balaban J connectivity index is 2.43. The van der Waals surface area contributed by atoms with Crippen LogP contribution in [0.2, 0.25) is 0 Å². The van der Waals surface area contributed by atoms with E-state index in [-0.39, 0.29) is 24.5 Å². The Hall–Kier alpha value is -1.56. The molecular formula is C13H17BrN2O3. The van der Waals surface area contributed by atoms with E-state index >= 15 is 0 Å². The number of urea groups is 1. The molecule has 0 fully saturated rings. The Morgan fingerprint density at radius 3 is 2.68 bits per heavy atom. The molecule has 104 valence electrons. The van der Waals surface area contributed by atoms with Gasteiger partial charge in [-0.3, -0.25) is 4.79 Å². The largest absolute Gasteiger partial charge is 0.466 e. The number of amides is 2. The summed E-state index contributed by atoms with van der Waals surface area (Å²) in [4.78, 5) is 23.0. The maximum atomic E-state index is 11.7. The molecule has 0 radical (unpaired) electrons. The zero-order valence-corrected chi connectivity index (χ0v) is 12.5. The molecule has 1 rings (SSSR count). The van der Waals surface area contributed by atoms with E-state index in [0.29, 0.717) is 12.3 Å². The molecule has 1 atom stereocenters. The van der Waals surface area contributed by atoms with E-state index in [0.717, 1.165) is 4.47 Å². The molecule has 1 unspecified atom stereocenters. The van der Waals surface area contributed by atoms with Gasteiger partial charge >= 0.3 is 12.0 Å². The van der Waals surface area contributed by atoms with Gasteiger partial charge in [0.15, 0.2) is 0 Å². The van der Waals surface area contributed by atoms with Crippen LogP contribution in [-0.2, 0) is 9.53 Å². The molecule has 1 aromatic rings. The van der Waals surface area contributed by atoms with Crippen molar-refractivity contribution in [2.75, 3.05) is 11.9 Å². The van der Waals surface area contributed by atoms with Gasteiger partial charge in [-0.1, -0.05) is 12.1 Å². The first kappa shape index (κ1) is 15.5. The van der Waals surface area contributed by atoms with Gasteiger partial charge in [0.05, 0.1) is 18.7 Å². The zero-order chi connectivity index (χ0) is 14.3. The minimum Gasteiger partial charge on any atom is -0.466 e. The van der Waals surface area contributed by atoms with E-state index in [1.165, 1.54) is 0 Å². The van der Waals surface area contributed by atoms with Gasteiger partial charge in [0.1, 0.15) is 0 Å². The van der Waals surface area contributed by atoms with Crippen LogP contribution in [0.15, 0.2) is 28.7 Å². The summed E-state index contributed by atoms with van der Waals surface area (Å²) in [5.41, 5.74) is 0.670. The highest BCUT2D eigenvalue weighted by atomic mass is 79.9. The van der Waals surface area contributed by atoms with Crippen molar-refractivity contribution < 1.29 is 14.3 Å². The molecule has 0 bridgehead atoms. The molecular weight excluding hydrogens is 312 g/mol. The van der Waals surface area contributed by atoms with Crippen molar-refractivity contribution in [3.63, 3.8) is 0 Å². The van der Waals surface area contributed by atoms with Crippen LogP contribution in [0.5, 0.6) is 0 Å². The maximum absolute atomic E-state index is 11.7. The van der Waals surface area contributed by atoms with Crippen LogP contribution in [0, 0.1) is 0 Å². The van der Waals surface area contributed by atoms with Crippen molar-refractivity contribution >= 4 is 33.6 Å². The molecule has 19 heavy (non-hydrogen) atoms. The van der Waals surface area contributed by atoms with Crippen molar-refractivity contribution in [3.05, 3.63) is 28.7 Å². The predicted octanol–water partition coefficient (Wildman–Crippen LogP) is 2.91. The number of rotatable bonds is 5. The highest BCUT2D eigenvalue weighted by molar-refractivity contribution is 9.10. The lowest BCUT2D eigenvalue weighted by molar-refractivity contribution is -0.143. The monoisotopic (exact) mass is 328 g/mol. The molecule has 2 N–H and O–H groups in total. The lowest BCUT2D eigenvalue weighted by atomic mass is 10.2. The van der Waals surface area contributed by atoms with Crippen molar-refractivity contribution in [2.24, 2.45) is 0 Å². The predicted molar refractivity (Wildman–Crippen MR) is 77.0 cm³/mol. The number of halogens is 1. The highest BCUT2D eigenvalue weighted by Crippen LogP contribution is 2.20. The highest BCUT2D eigenvalue weighted by Gasteiger charge is 2.13. The summed E-state index contributed by atoms with van der Waals surface area (Å²) < 4.78 is 5.61. The standard InChI is InChI=1S/C13H17BrN2O3/c1-3-19-12(17)8-9(2)15-13(18)16-11-7-5-4-6-10(11)14/h4-7,9H,3,8H2,1-2H3,(H2,15,16,18). The SMILES string of the molecule is CCOC(=O)CC(C)NC(=O)Nc1ccccc1Br. The summed E-state index contributed by atoms with van der Waals surface area (Å²) in [6.45, 7) is 3.83. The molecule has 0 spiro atoms. The first-order valence-corrected chi connectivity index (χ1v) is 6.80. The van der Waals surface area contributed by atoms with Crippen LogP contribution in [0.25, 0.3) is 0 Å². The lowest BCUT2D eigenvalue weighted by Crippen LogP contribution is -2.37. The van der Waals surface area contributed by atoms with Crippen LogP contribution < -0.4 is 10.6 Å². The maximum Gasteiger partial charge on any atom is 0.319 e. The van der Waals surface area contributed by atoms with E-state index < -0.39 is 0 Å². The summed E-state index contributed by atoms with van der Waals surface area (Å²) in [6.07, 6.45) is 0.150. The third-order valence-corrected chi connectivity index (χ3v) is 2.97. The zero-order valence-electron chi connectivity index (χ0n) is 10.9. The van der Waals surface area contributed by atoms with Gasteiger partial charge in [-0.25, -0.2) is 4.79 Å². The number of esters is 1. The molecule has 0 heterocycles. The fraction of sp³-hybridized carbons (Fsp3) is 0.385. The summed E-state index contributed by atoms with van der Waals surface area (Å²) in [5, 5.41) is 5.37. The number of hydrogen-bond donors (Lipinski definition) is 2. The molecule has 5 nitrogen and oxygen atoms in total. The molecule has 0 saturated heterocycles. The normalized spacial score (nSPS) is 11.5. The van der Waals surface area contributed by atoms with E-state index in [1.807, 2.05) is 18.2 Å². The Labute approximate surface area is 120 Å². The average molecular weight is 329 g/mol. The van der Waals surface area contributed by atoms with Gasteiger partial charge in [-0.15, -0.1) is 0 Å². The molecule has 2 amide bonds. The molecule has 6 heteroatoms. The fourth-order valence-corrected chi connectivity index (χ4v) is 1.85. The topological polar surface area (TPSA) is 67.4 Å². The van der Waals surface area contributed by atoms with Gasteiger partial charge in [-0.2, -0.15) is 0 Å². The minimum atomic E-state index is -0.358. The summed E-state index contributed by atoms with van der Waals surface area (Å²) >= 11 is 3.34. The molecule has 0 aliphatic carbocycles. The Kier molecular flexibility index (Phi) is 6.35. The van der Waals surface area contributed by atoms with Crippen molar-refractivity contribution in [1.29, 1.82) is 0 Å². The third-order valence-electron chi connectivity index (χ3n) is 2.28. The van der Waals surface area contributed by atoms with E-state index in [9.17, 15) is 9.59 Å². The minimum absolute atomic E-state index is 0.150. The number of nitrogens with one attached hydrogen (secondary N) is 2. The van der Waals surface area contributed by atoms with Crippen molar-refractivity contribution in [2.45, 2.75) is 26.3 Å². The van der Waals surface area contributed by atoms with Gasteiger partial charge in [0.2, 0.25) is 0 Å². The van der Waals surface area contributed by atoms with Crippen molar-refractivity contribution in [3.8, 4) is 0 Å². The van der Waals surface area contributed by atoms with Crippen LogP contribution >= 0.6 is 15.9 Å². The van der Waals surface area contributed by atoms with Gasteiger partial charge in [-0.05, 0) is 41.9 Å². The Morgan fingerprint density at radius 2 is 2.05 bits per heavy atom. The summed E-state index contributed by atoms with van der Waals surface area (Å²) in [6, 6.07) is 6.64. The number of ether oxygens (including phenoxy) is 1. The van der Waals surface area contributed by atoms with Gasteiger partial charge in [0, 0.05) is 10.5 Å². The van der Waals surface area contributed by atoms with Crippen LogP contribution in [0.4, 0.5) is 10.5 Å². The van der Waals surface area contributed by atoms with Crippen LogP contribution in [0.3, 0.4) is 0 Å². The summed E-state index contributed by atoms with van der Waals surface area (Å²) in [5.74, 6) is -0.323. The number of carbonyl (C=O) groups is 2. The first-order chi connectivity index (χ1) is 9.02. The number of para-hydroxylation sites is 1. The molecule has 0 aliphatic rings. The quantitative estimate of drug-likeness (QED) is 0.816. The number of hydrogen-bond acceptors (Lipinski definition) is 3. The molecule has 0 saturated carbocycles. The molecule has 0 aliphatic heterocycles. The van der Waals surface area contributed by atoms with E-state index in [2.05, 4.69) is 26.6 Å². The number of benzene rings is 1. The van der Waals surface area contributed by atoms with Gasteiger partial charge in [0.25, 0.3) is 0 Å². The smallest absolute Gasteiger partial charge is 0.319 e. The summed E-state index contributed by atoms with van der Waals surface area (Å²) in [7, 11) is 0. The Morgan fingerprint density at radius 1 is 1.37 bits per heavy atom. The number of anilines is 1. The number of carbonyl (C=O) groups excluding carboxylic acids is 2. The first-order valence-electron chi connectivity index (χ1n) is 6.00. The fourth-order valence-electron chi connectivity index (χ4n) is 1.47. The van der Waals surface area contributed by atoms with Crippen LogP contribution in [0.1, 0.15) is 20.3 Å². The third kappa shape index (κ3) is 5.74. The second kappa shape index (κ2) is 7.78. The molecule has 1 aromatic carbocycles. The van der Waals surface area contributed by atoms with Crippen molar-refractivity contribution in [1.82, 2.24) is 5.32 Å². The second-order valence-electron chi connectivity index (χ2n) is 3.99. The average Bonchev–Trinajstić information content (AvgIpc) is 2.31. The van der Waals surface area contributed by atoms with Gasteiger partial charge < -0.3 is 15.4 Å².